The highest BCUT2D eigenvalue weighted by Gasteiger charge is 2.44. The van der Waals surface area contributed by atoms with Gasteiger partial charge in [0, 0.05) is 0 Å². The van der Waals surface area contributed by atoms with Gasteiger partial charge < -0.3 is 9.84 Å². The van der Waals surface area contributed by atoms with Gasteiger partial charge in [-0.15, -0.1) is 0 Å². The second-order valence-corrected chi connectivity index (χ2v) is 5.62. The van der Waals surface area contributed by atoms with E-state index in [1.807, 2.05) is 0 Å². The lowest BCUT2D eigenvalue weighted by molar-refractivity contribution is -0.186. The number of hydrogen-bond acceptors (Lipinski definition) is 3. The molecule has 0 aromatic heterocycles. The molecule has 0 saturated heterocycles. The van der Waals surface area contributed by atoms with Crippen molar-refractivity contribution in [1.82, 2.24) is 0 Å². The quantitative estimate of drug-likeness (QED) is 0.786. The van der Waals surface area contributed by atoms with Crippen molar-refractivity contribution in [1.29, 1.82) is 0 Å². The molecule has 0 radical (unpaired) electrons. The molecule has 4 nitrogen and oxygen atoms in total. The van der Waals surface area contributed by atoms with Gasteiger partial charge >= 0.3 is 11.9 Å². The van der Waals surface area contributed by atoms with E-state index in [0.29, 0.717) is 12.8 Å². The number of carboxylic acids is 1. The first kappa shape index (κ1) is 13.4. The molecular weight excluding hydrogens is 232 g/mol. The number of aliphatic carboxylic acids is 1. The van der Waals surface area contributed by atoms with Gasteiger partial charge in [-0.2, -0.15) is 0 Å². The summed E-state index contributed by atoms with van der Waals surface area (Å²) in [5, 5.41) is 9.36. The predicted molar refractivity (Wildman–Crippen MR) is 66.1 cm³/mol. The number of hydrogen-bond donors (Lipinski definition) is 1. The van der Waals surface area contributed by atoms with Crippen LogP contribution in [0.5, 0.6) is 0 Å². The minimum Gasteiger partial charge on any atom is -0.478 e. The zero-order chi connectivity index (χ0) is 13.0. The Morgan fingerprint density at radius 3 is 2.06 bits per heavy atom. The number of carbonyl (C=O) groups excluding carboxylic acids is 1. The Labute approximate surface area is 108 Å². The van der Waals surface area contributed by atoms with Gasteiger partial charge in [0.1, 0.15) is 0 Å². The zero-order valence-electron chi connectivity index (χ0n) is 10.8. The highest BCUT2D eigenvalue weighted by atomic mass is 16.6. The van der Waals surface area contributed by atoms with E-state index < -0.39 is 11.6 Å². The fourth-order valence-electron chi connectivity index (χ4n) is 3.10. The Morgan fingerprint density at radius 1 is 0.944 bits per heavy atom. The summed E-state index contributed by atoms with van der Waals surface area (Å²) in [7, 11) is 0. The minimum absolute atomic E-state index is 0.0723. The molecule has 0 atom stereocenters. The molecule has 2 aliphatic rings. The van der Waals surface area contributed by atoms with Crippen LogP contribution in [-0.2, 0) is 14.3 Å². The second-order valence-electron chi connectivity index (χ2n) is 5.62. The van der Waals surface area contributed by atoms with Gasteiger partial charge in [-0.25, -0.2) is 4.79 Å². The summed E-state index contributed by atoms with van der Waals surface area (Å²) >= 11 is 0. The minimum atomic E-state index is -1.23. The van der Waals surface area contributed by atoms with Crippen molar-refractivity contribution in [2.45, 2.75) is 69.8 Å². The SMILES string of the molecule is O=C(OC1(C(=O)O)CCCCC1)C1CCCCC1. The summed E-state index contributed by atoms with van der Waals surface area (Å²) in [5.41, 5.74) is -1.23. The molecule has 0 unspecified atom stereocenters. The molecule has 0 bridgehead atoms. The second kappa shape index (κ2) is 5.72. The van der Waals surface area contributed by atoms with Gasteiger partial charge in [0.25, 0.3) is 0 Å². The maximum absolute atomic E-state index is 12.1. The Balaban J connectivity index is 1.99. The lowest BCUT2D eigenvalue weighted by Crippen LogP contribution is -2.46. The molecule has 0 amide bonds. The van der Waals surface area contributed by atoms with Crippen molar-refractivity contribution in [3.63, 3.8) is 0 Å². The van der Waals surface area contributed by atoms with Crippen molar-refractivity contribution in [2.75, 3.05) is 0 Å². The van der Waals surface area contributed by atoms with Crippen LogP contribution >= 0.6 is 0 Å². The number of carboxylic acid groups (broad SMARTS) is 1. The van der Waals surface area contributed by atoms with Crippen LogP contribution in [0.25, 0.3) is 0 Å². The van der Waals surface area contributed by atoms with Crippen LogP contribution in [0.4, 0.5) is 0 Å². The molecule has 102 valence electrons. The maximum atomic E-state index is 12.1. The Morgan fingerprint density at radius 2 is 1.50 bits per heavy atom. The van der Waals surface area contributed by atoms with E-state index >= 15 is 0 Å². The Bertz CT molecular complexity index is 312. The smallest absolute Gasteiger partial charge is 0.348 e. The van der Waals surface area contributed by atoms with E-state index in [1.165, 1.54) is 6.42 Å². The van der Waals surface area contributed by atoms with Crippen molar-refractivity contribution >= 4 is 11.9 Å². The number of rotatable bonds is 3. The first-order valence-electron chi connectivity index (χ1n) is 7.10. The molecule has 1 N–H and O–H groups in total. The molecule has 0 heterocycles. The zero-order valence-corrected chi connectivity index (χ0v) is 10.8. The van der Waals surface area contributed by atoms with Gasteiger partial charge in [0.05, 0.1) is 5.92 Å². The van der Waals surface area contributed by atoms with Gasteiger partial charge in [-0.05, 0) is 38.5 Å². The van der Waals surface area contributed by atoms with Crippen LogP contribution < -0.4 is 0 Å². The molecule has 0 spiro atoms. The molecule has 0 aromatic carbocycles. The average molecular weight is 254 g/mol. The third-order valence-corrected chi connectivity index (χ3v) is 4.29. The fraction of sp³-hybridized carbons (Fsp3) is 0.857. The van der Waals surface area contributed by atoms with E-state index in [1.54, 1.807) is 0 Å². The third kappa shape index (κ3) is 2.85. The van der Waals surface area contributed by atoms with Crippen LogP contribution in [-0.4, -0.2) is 22.6 Å². The topological polar surface area (TPSA) is 63.6 Å². The molecule has 2 saturated carbocycles. The first-order valence-corrected chi connectivity index (χ1v) is 7.10. The van der Waals surface area contributed by atoms with Crippen LogP contribution in [0.2, 0.25) is 0 Å². The van der Waals surface area contributed by atoms with Crippen LogP contribution in [0.3, 0.4) is 0 Å². The summed E-state index contributed by atoms with van der Waals surface area (Å²) in [6.45, 7) is 0. The molecule has 2 fully saturated rings. The normalized spacial score (nSPS) is 24.4. The van der Waals surface area contributed by atoms with Crippen molar-refractivity contribution < 1.29 is 19.4 Å². The standard InChI is InChI=1S/C14H22O4/c15-12(11-7-3-1-4-8-11)18-14(13(16)17)9-5-2-6-10-14/h11H,1-10H2,(H,16,17). The highest BCUT2D eigenvalue weighted by molar-refractivity contribution is 5.83. The molecule has 0 aliphatic heterocycles. The Kier molecular flexibility index (Phi) is 4.25. The molecular formula is C14H22O4. The maximum Gasteiger partial charge on any atom is 0.348 e. The summed E-state index contributed by atoms with van der Waals surface area (Å²) < 4.78 is 5.44. The van der Waals surface area contributed by atoms with E-state index in [9.17, 15) is 14.7 Å². The summed E-state index contributed by atoms with van der Waals surface area (Å²) in [6.07, 6.45) is 8.66. The van der Waals surface area contributed by atoms with E-state index in [2.05, 4.69) is 0 Å². The summed E-state index contributed by atoms with van der Waals surface area (Å²) in [5.74, 6) is -1.32. The number of carbonyl (C=O) groups is 2. The lowest BCUT2D eigenvalue weighted by atomic mass is 9.84. The van der Waals surface area contributed by atoms with Gasteiger partial charge in [0.15, 0.2) is 0 Å². The summed E-state index contributed by atoms with van der Waals surface area (Å²) in [4.78, 5) is 23.5. The van der Waals surface area contributed by atoms with Crippen molar-refractivity contribution in [3.8, 4) is 0 Å². The van der Waals surface area contributed by atoms with E-state index in [4.69, 9.17) is 4.74 Å². The van der Waals surface area contributed by atoms with E-state index in [0.717, 1.165) is 44.9 Å². The predicted octanol–water partition coefficient (Wildman–Crippen LogP) is 2.90. The van der Waals surface area contributed by atoms with Crippen LogP contribution in [0.1, 0.15) is 64.2 Å². The number of ether oxygens (including phenoxy) is 1. The third-order valence-electron chi connectivity index (χ3n) is 4.29. The molecule has 0 aromatic rings. The number of esters is 1. The van der Waals surface area contributed by atoms with Crippen molar-refractivity contribution in [3.05, 3.63) is 0 Å². The molecule has 2 aliphatic carbocycles. The van der Waals surface area contributed by atoms with Crippen LogP contribution in [0, 0.1) is 5.92 Å². The lowest BCUT2D eigenvalue weighted by Gasteiger charge is -2.34. The fourth-order valence-corrected chi connectivity index (χ4v) is 3.10. The molecule has 2 rings (SSSR count). The summed E-state index contributed by atoms with van der Waals surface area (Å²) in [6, 6.07) is 0. The largest absolute Gasteiger partial charge is 0.478 e. The van der Waals surface area contributed by atoms with E-state index in [-0.39, 0.29) is 11.9 Å². The van der Waals surface area contributed by atoms with Crippen LogP contribution in [0.15, 0.2) is 0 Å². The van der Waals surface area contributed by atoms with Crippen molar-refractivity contribution in [2.24, 2.45) is 5.92 Å². The van der Waals surface area contributed by atoms with Gasteiger partial charge in [-0.1, -0.05) is 25.7 Å². The molecule has 4 heteroatoms. The average Bonchev–Trinajstić information content (AvgIpc) is 2.40. The highest BCUT2D eigenvalue weighted by Crippen LogP contribution is 2.34. The van der Waals surface area contributed by atoms with Gasteiger partial charge in [0.2, 0.25) is 5.60 Å². The monoisotopic (exact) mass is 254 g/mol. The van der Waals surface area contributed by atoms with Gasteiger partial charge in [-0.3, -0.25) is 4.79 Å². The molecule has 18 heavy (non-hydrogen) atoms. The first-order chi connectivity index (χ1) is 8.64. The Hall–Kier alpha value is -1.06.